The van der Waals surface area contributed by atoms with E-state index in [1.165, 1.54) is 13.0 Å². The Labute approximate surface area is 113 Å². The zero-order valence-corrected chi connectivity index (χ0v) is 11.7. The van der Waals surface area contributed by atoms with Crippen LogP contribution in [-0.4, -0.2) is 43.0 Å². The number of hydrogen-bond acceptors (Lipinski definition) is 4. The first kappa shape index (κ1) is 15.6. The van der Waals surface area contributed by atoms with Gasteiger partial charge in [0.05, 0.1) is 5.56 Å². The van der Waals surface area contributed by atoms with Crippen LogP contribution in [0.5, 0.6) is 5.75 Å². The number of rotatable bonds is 7. The number of benzene rings is 1. The van der Waals surface area contributed by atoms with Crippen molar-refractivity contribution < 1.29 is 14.3 Å². The molecule has 0 aromatic heterocycles. The van der Waals surface area contributed by atoms with E-state index in [0.29, 0.717) is 12.1 Å². The Morgan fingerprint density at radius 3 is 2.74 bits per heavy atom. The molecule has 106 valence electrons. The average molecular weight is 268 g/mol. The lowest BCUT2D eigenvalue weighted by Gasteiger charge is -2.18. The number of aromatic hydroxyl groups is 1. The van der Waals surface area contributed by atoms with Crippen LogP contribution < -0.4 is 5.32 Å². The molecule has 0 aliphatic heterocycles. The molecule has 0 bridgehead atoms. The first-order valence-corrected chi connectivity index (χ1v) is 6.31. The van der Waals surface area contributed by atoms with E-state index < -0.39 is 5.82 Å². The van der Waals surface area contributed by atoms with Gasteiger partial charge >= 0.3 is 0 Å². The molecule has 1 aromatic rings. The third-order valence-electron chi connectivity index (χ3n) is 2.94. The van der Waals surface area contributed by atoms with Crippen LogP contribution in [0.4, 0.5) is 4.39 Å². The fourth-order valence-electron chi connectivity index (χ4n) is 1.94. The lowest BCUT2D eigenvalue weighted by Crippen LogP contribution is -2.22. The Morgan fingerprint density at radius 1 is 1.47 bits per heavy atom. The van der Waals surface area contributed by atoms with Crippen LogP contribution in [0.25, 0.3) is 0 Å². The van der Waals surface area contributed by atoms with E-state index in [2.05, 4.69) is 5.32 Å². The highest BCUT2D eigenvalue weighted by atomic mass is 19.1. The highest BCUT2D eigenvalue weighted by molar-refractivity contribution is 5.97. The third-order valence-corrected chi connectivity index (χ3v) is 2.94. The van der Waals surface area contributed by atoms with E-state index in [9.17, 15) is 14.3 Å². The number of halogens is 1. The number of ketones is 1. The molecule has 19 heavy (non-hydrogen) atoms. The van der Waals surface area contributed by atoms with Crippen LogP contribution in [0.2, 0.25) is 0 Å². The van der Waals surface area contributed by atoms with Gasteiger partial charge in [-0.05, 0) is 52.7 Å². The SMILES string of the molecule is CNCCCN(C)Cc1cc(F)cc(C(C)=O)c1O. The molecule has 0 amide bonds. The molecule has 0 saturated heterocycles. The molecule has 5 heteroatoms. The van der Waals surface area contributed by atoms with Crippen molar-refractivity contribution in [3.8, 4) is 5.75 Å². The summed E-state index contributed by atoms with van der Waals surface area (Å²) in [7, 11) is 3.78. The average Bonchev–Trinajstić information content (AvgIpc) is 2.33. The lowest BCUT2D eigenvalue weighted by atomic mass is 10.0. The summed E-state index contributed by atoms with van der Waals surface area (Å²) in [4.78, 5) is 13.3. The summed E-state index contributed by atoms with van der Waals surface area (Å²) in [5.41, 5.74) is 0.482. The van der Waals surface area contributed by atoms with Gasteiger partial charge in [0, 0.05) is 12.1 Å². The van der Waals surface area contributed by atoms with Crippen molar-refractivity contribution in [1.82, 2.24) is 10.2 Å². The van der Waals surface area contributed by atoms with Gasteiger partial charge in [-0.15, -0.1) is 0 Å². The molecule has 0 aliphatic carbocycles. The second kappa shape index (κ2) is 7.21. The second-order valence-corrected chi connectivity index (χ2v) is 4.71. The van der Waals surface area contributed by atoms with Crippen LogP contribution in [0, 0.1) is 5.82 Å². The topological polar surface area (TPSA) is 52.6 Å². The largest absolute Gasteiger partial charge is 0.507 e. The Hall–Kier alpha value is -1.46. The molecule has 1 rings (SSSR count). The Balaban J connectivity index is 2.80. The molecule has 0 spiro atoms. The monoisotopic (exact) mass is 268 g/mol. The van der Waals surface area contributed by atoms with E-state index >= 15 is 0 Å². The predicted octanol–water partition coefficient (Wildman–Crippen LogP) is 1.78. The van der Waals surface area contributed by atoms with Gasteiger partial charge in [-0.3, -0.25) is 4.79 Å². The Morgan fingerprint density at radius 2 is 2.16 bits per heavy atom. The zero-order chi connectivity index (χ0) is 14.4. The van der Waals surface area contributed by atoms with E-state index in [1.807, 2.05) is 19.0 Å². The van der Waals surface area contributed by atoms with E-state index in [0.717, 1.165) is 25.6 Å². The summed E-state index contributed by atoms with van der Waals surface area (Å²) < 4.78 is 13.4. The normalized spacial score (nSPS) is 11.0. The molecule has 1 aromatic carbocycles. The second-order valence-electron chi connectivity index (χ2n) is 4.71. The molecule has 2 N–H and O–H groups in total. The van der Waals surface area contributed by atoms with Crippen molar-refractivity contribution in [3.05, 3.63) is 29.1 Å². The molecular formula is C14H21FN2O2. The van der Waals surface area contributed by atoms with Gasteiger partial charge in [-0.2, -0.15) is 0 Å². The molecule has 0 radical (unpaired) electrons. The molecule has 0 aliphatic rings. The fraction of sp³-hybridized carbons (Fsp3) is 0.500. The van der Waals surface area contributed by atoms with Crippen LogP contribution in [0.1, 0.15) is 29.3 Å². The highest BCUT2D eigenvalue weighted by Gasteiger charge is 2.14. The number of carbonyl (C=O) groups is 1. The van der Waals surface area contributed by atoms with Crippen LogP contribution in [-0.2, 0) is 6.54 Å². The van der Waals surface area contributed by atoms with E-state index in [-0.39, 0.29) is 17.1 Å². The van der Waals surface area contributed by atoms with Gasteiger partial charge in [0.1, 0.15) is 11.6 Å². The van der Waals surface area contributed by atoms with Crippen molar-refractivity contribution in [2.24, 2.45) is 0 Å². The molecule has 0 heterocycles. The number of Topliss-reactive ketones (excluding diaryl/α,β-unsaturated/α-hetero) is 1. The van der Waals surface area contributed by atoms with Crippen LogP contribution in [0.15, 0.2) is 12.1 Å². The standard InChI is InChI=1S/C14H21FN2O2/c1-10(18)13-8-12(15)7-11(14(13)19)9-17(3)6-4-5-16-2/h7-8,16,19H,4-6,9H2,1-3H3. The Bertz CT molecular complexity index is 449. The number of phenols is 1. The van der Waals surface area contributed by atoms with E-state index in [4.69, 9.17) is 0 Å². The van der Waals surface area contributed by atoms with Gasteiger partial charge < -0.3 is 15.3 Å². The highest BCUT2D eigenvalue weighted by Crippen LogP contribution is 2.25. The molecule has 0 saturated carbocycles. The maximum absolute atomic E-state index is 13.4. The number of phenolic OH excluding ortho intramolecular Hbond substituents is 1. The van der Waals surface area contributed by atoms with Gasteiger partial charge in [0.15, 0.2) is 5.78 Å². The number of nitrogens with one attached hydrogen (secondary N) is 1. The van der Waals surface area contributed by atoms with Crippen molar-refractivity contribution in [1.29, 1.82) is 0 Å². The summed E-state index contributed by atoms with van der Waals surface area (Å²) in [6.45, 7) is 3.45. The number of carbonyl (C=O) groups excluding carboxylic acids is 1. The minimum absolute atomic E-state index is 0.0404. The van der Waals surface area contributed by atoms with Gasteiger partial charge in [0.2, 0.25) is 0 Å². The maximum atomic E-state index is 13.4. The van der Waals surface area contributed by atoms with Gasteiger partial charge in [-0.25, -0.2) is 4.39 Å². The summed E-state index contributed by atoms with van der Waals surface area (Å²) in [5.74, 6) is -0.952. The molecular weight excluding hydrogens is 247 g/mol. The number of hydrogen-bond donors (Lipinski definition) is 2. The van der Waals surface area contributed by atoms with Crippen molar-refractivity contribution in [2.75, 3.05) is 27.2 Å². The van der Waals surface area contributed by atoms with Crippen molar-refractivity contribution >= 4 is 5.78 Å². The molecule has 0 fully saturated rings. The molecule has 0 unspecified atom stereocenters. The smallest absolute Gasteiger partial charge is 0.163 e. The summed E-state index contributed by atoms with van der Waals surface area (Å²) >= 11 is 0. The molecule has 0 atom stereocenters. The molecule has 4 nitrogen and oxygen atoms in total. The minimum atomic E-state index is -0.498. The van der Waals surface area contributed by atoms with Crippen molar-refractivity contribution in [2.45, 2.75) is 19.9 Å². The Kier molecular flexibility index (Phi) is 5.92. The minimum Gasteiger partial charge on any atom is -0.507 e. The van der Waals surface area contributed by atoms with Crippen LogP contribution >= 0.6 is 0 Å². The first-order chi connectivity index (χ1) is 8.95. The summed E-state index contributed by atoms with van der Waals surface area (Å²) in [5, 5.41) is 13.0. The maximum Gasteiger partial charge on any atom is 0.163 e. The van der Waals surface area contributed by atoms with Gasteiger partial charge in [0.25, 0.3) is 0 Å². The van der Waals surface area contributed by atoms with Crippen molar-refractivity contribution in [3.63, 3.8) is 0 Å². The van der Waals surface area contributed by atoms with E-state index in [1.54, 1.807) is 0 Å². The predicted molar refractivity (Wildman–Crippen MR) is 72.9 cm³/mol. The first-order valence-electron chi connectivity index (χ1n) is 6.31. The van der Waals surface area contributed by atoms with Crippen LogP contribution in [0.3, 0.4) is 0 Å². The quantitative estimate of drug-likeness (QED) is 0.584. The lowest BCUT2D eigenvalue weighted by molar-refractivity contribution is 0.101. The number of nitrogens with zero attached hydrogens (tertiary/aromatic N) is 1. The summed E-state index contributed by atoms with van der Waals surface area (Å²) in [6, 6.07) is 2.35. The fourth-order valence-corrected chi connectivity index (χ4v) is 1.94. The zero-order valence-electron chi connectivity index (χ0n) is 11.7. The summed E-state index contributed by atoms with van der Waals surface area (Å²) in [6.07, 6.45) is 0.961. The third kappa shape index (κ3) is 4.61. The van der Waals surface area contributed by atoms with Gasteiger partial charge in [-0.1, -0.05) is 0 Å².